The Hall–Kier alpha value is 0.430. The van der Waals surface area contributed by atoms with E-state index in [1.807, 2.05) is 0 Å². The molecule has 0 aliphatic carbocycles. The Kier molecular flexibility index (Phi) is 4.44. The smallest absolute Gasteiger partial charge is 0.276 e. The van der Waals surface area contributed by atoms with Crippen LogP contribution in [0.3, 0.4) is 0 Å². The van der Waals surface area contributed by atoms with Crippen molar-refractivity contribution in [2.45, 2.75) is 6.43 Å². The van der Waals surface area contributed by atoms with Crippen LogP contribution in [0.2, 0.25) is 0 Å². The summed E-state index contributed by atoms with van der Waals surface area (Å²) < 4.78 is 25.1. The van der Waals surface area contributed by atoms with E-state index in [4.69, 9.17) is 11.6 Å². The largest absolute Gasteiger partial charge is 0.281 e. The molecule has 0 bridgehead atoms. The van der Waals surface area contributed by atoms with Gasteiger partial charge in [-0.1, -0.05) is 0 Å². The summed E-state index contributed by atoms with van der Waals surface area (Å²) in [6.07, 6.45) is -2.64. The van der Waals surface area contributed by atoms with E-state index in [9.17, 15) is 13.6 Å². The molecule has 7 heteroatoms. The summed E-state index contributed by atoms with van der Waals surface area (Å²) in [6, 6.07) is 1.31. The van der Waals surface area contributed by atoms with Gasteiger partial charge in [-0.2, -0.15) is 0 Å². The zero-order valence-corrected chi connectivity index (χ0v) is 11.5. The maximum absolute atomic E-state index is 12.4. The van der Waals surface area contributed by atoms with E-state index in [-0.39, 0.29) is 18.5 Å². The fourth-order valence-electron chi connectivity index (χ4n) is 0.770. The molecule has 14 heavy (non-hydrogen) atoms. The molecule has 0 saturated heterocycles. The lowest BCUT2D eigenvalue weighted by atomic mass is 10.3. The molecule has 0 spiro atoms. The average Bonchev–Trinajstić information content (AvgIpc) is 2.07. The van der Waals surface area contributed by atoms with Crippen LogP contribution in [0.5, 0.6) is 0 Å². The highest BCUT2D eigenvalue weighted by Crippen LogP contribution is 2.25. The number of hydrogen-bond acceptors (Lipinski definition) is 2. The summed E-state index contributed by atoms with van der Waals surface area (Å²) >= 11 is 8.63. The molecule has 0 amide bonds. The molecule has 1 aromatic rings. The van der Waals surface area contributed by atoms with E-state index in [1.165, 1.54) is 6.07 Å². The molecular formula is C7H2ClF2I2NO. The van der Waals surface area contributed by atoms with Gasteiger partial charge < -0.3 is 0 Å². The van der Waals surface area contributed by atoms with Gasteiger partial charge >= 0.3 is 0 Å². The molecule has 0 radical (unpaired) electrons. The van der Waals surface area contributed by atoms with Crippen LogP contribution in [0.4, 0.5) is 8.78 Å². The Labute approximate surface area is 111 Å². The molecule has 0 saturated carbocycles. The number of halogens is 5. The van der Waals surface area contributed by atoms with Crippen LogP contribution >= 0.6 is 56.8 Å². The number of carbonyl (C=O) groups excluding carboxylic acids is 1. The fourth-order valence-corrected chi connectivity index (χ4v) is 2.40. The molecule has 1 heterocycles. The summed E-state index contributed by atoms with van der Waals surface area (Å²) in [6.45, 7) is 0. The predicted octanol–water partition coefficient (Wildman–Crippen LogP) is 3.61. The van der Waals surface area contributed by atoms with Crippen LogP contribution in [0, 0.1) is 7.27 Å². The molecule has 1 rings (SSSR count). The Balaban J connectivity index is 3.31. The van der Waals surface area contributed by atoms with Crippen molar-refractivity contribution in [2.75, 3.05) is 0 Å². The lowest BCUT2D eigenvalue weighted by Gasteiger charge is -2.05. The second kappa shape index (κ2) is 4.97. The summed E-state index contributed by atoms with van der Waals surface area (Å²) in [5, 5.41) is -0.694. The number of hydrogen-bond donors (Lipinski definition) is 0. The molecule has 76 valence electrons. The molecule has 0 aromatic carbocycles. The monoisotopic (exact) mass is 443 g/mol. The van der Waals surface area contributed by atoms with Crippen molar-refractivity contribution in [3.63, 3.8) is 0 Å². The van der Waals surface area contributed by atoms with E-state index < -0.39 is 11.7 Å². The topological polar surface area (TPSA) is 30.0 Å². The van der Waals surface area contributed by atoms with Crippen molar-refractivity contribution < 1.29 is 13.6 Å². The van der Waals surface area contributed by atoms with Crippen molar-refractivity contribution in [1.29, 1.82) is 0 Å². The Morgan fingerprint density at radius 1 is 1.50 bits per heavy atom. The van der Waals surface area contributed by atoms with E-state index in [1.54, 1.807) is 45.2 Å². The number of aromatic nitrogens is 1. The van der Waals surface area contributed by atoms with Gasteiger partial charge in [-0.15, -0.1) is 0 Å². The zero-order chi connectivity index (χ0) is 10.9. The molecular weight excluding hydrogens is 441 g/mol. The third-order valence-electron chi connectivity index (χ3n) is 1.38. The highest BCUT2D eigenvalue weighted by Gasteiger charge is 2.18. The first-order valence-electron chi connectivity index (χ1n) is 3.27. The minimum atomic E-state index is -2.64. The van der Waals surface area contributed by atoms with Gasteiger partial charge in [0.15, 0.2) is 0 Å². The van der Waals surface area contributed by atoms with Crippen molar-refractivity contribution in [2.24, 2.45) is 0 Å². The molecule has 0 aliphatic rings. The Bertz CT molecular complexity index is 386. The van der Waals surface area contributed by atoms with Crippen LogP contribution in [0.1, 0.15) is 22.5 Å². The average molecular weight is 443 g/mol. The molecule has 0 fully saturated rings. The predicted molar refractivity (Wildman–Crippen MR) is 64.8 cm³/mol. The van der Waals surface area contributed by atoms with Crippen LogP contribution in [0.25, 0.3) is 0 Å². The summed E-state index contributed by atoms with van der Waals surface area (Å²) in [5.41, 5.74) is -0.169. The van der Waals surface area contributed by atoms with E-state index in [2.05, 4.69) is 4.98 Å². The number of carbonyl (C=O) groups is 1. The zero-order valence-electron chi connectivity index (χ0n) is 6.40. The molecule has 0 aliphatic heterocycles. The van der Waals surface area contributed by atoms with Gasteiger partial charge in [0.2, 0.25) is 0 Å². The molecule has 0 unspecified atom stereocenters. The van der Waals surface area contributed by atoms with Gasteiger partial charge in [-0.25, -0.2) is 13.8 Å². The first kappa shape index (κ1) is 12.5. The fraction of sp³-hybridized carbons (Fsp3) is 0.143. The second-order valence-corrected chi connectivity index (χ2v) is 4.80. The summed E-state index contributed by atoms with van der Waals surface area (Å²) in [7, 11) is 0. The van der Waals surface area contributed by atoms with Crippen molar-refractivity contribution >= 4 is 62.0 Å². The quantitative estimate of drug-likeness (QED) is 0.397. The van der Waals surface area contributed by atoms with Crippen molar-refractivity contribution in [3.8, 4) is 0 Å². The molecule has 2 nitrogen and oxygen atoms in total. The number of rotatable bonds is 2. The maximum Gasteiger partial charge on any atom is 0.281 e. The lowest BCUT2D eigenvalue weighted by Crippen LogP contribution is -2.03. The SMILES string of the molecule is O=C(Cl)c1cc(I)c(C(F)F)nc1I. The number of alkyl halides is 2. The number of nitrogens with zero attached hydrogens (tertiary/aromatic N) is 1. The highest BCUT2D eigenvalue weighted by molar-refractivity contribution is 14.1. The lowest BCUT2D eigenvalue weighted by molar-refractivity contribution is 0.107. The third kappa shape index (κ3) is 2.72. The van der Waals surface area contributed by atoms with Gasteiger partial charge in [-0.05, 0) is 62.8 Å². The maximum atomic E-state index is 12.4. The van der Waals surface area contributed by atoms with Crippen molar-refractivity contribution in [3.05, 3.63) is 24.6 Å². The molecule has 0 N–H and O–H groups in total. The van der Waals surface area contributed by atoms with E-state index in [0.717, 1.165) is 0 Å². The second-order valence-electron chi connectivity index (χ2n) is 2.27. The standard InChI is InChI=1S/C7H2ClF2I2NO/c8-5(14)2-1-3(11)4(6(9)10)13-7(2)12/h1,6H. The number of pyridine rings is 1. The van der Waals surface area contributed by atoms with Crippen LogP contribution in [-0.2, 0) is 0 Å². The van der Waals surface area contributed by atoms with E-state index >= 15 is 0 Å². The Morgan fingerprint density at radius 3 is 2.50 bits per heavy atom. The van der Waals surface area contributed by atoms with Crippen LogP contribution in [-0.4, -0.2) is 10.2 Å². The summed E-state index contributed by atoms with van der Waals surface area (Å²) in [5.74, 6) is 0. The highest BCUT2D eigenvalue weighted by atomic mass is 127. The van der Waals surface area contributed by atoms with Crippen LogP contribution in [0.15, 0.2) is 6.07 Å². The van der Waals surface area contributed by atoms with Crippen molar-refractivity contribution in [1.82, 2.24) is 4.98 Å². The minimum absolute atomic E-state index is 0.154. The van der Waals surface area contributed by atoms with Gasteiger partial charge in [0.05, 0.1) is 5.56 Å². The van der Waals surface area contributed by atoms with Gasteiger partial charge in [0, 0.05) is 3.57 Å². The Morgan fingerprint density at radius 2 is 2.07 bits per heavy atom. The molecule has 0 atom stereocenters. The minimum Gasteiger partial charge on any atom is -0.276 e. The normalized spacial score (nSPS) is 10.7. The molecule has 1 aromatic heterocycles. The third-order valence-corrected chi connectivity index (χ3v) is 3.27. The van der Waals surface area contributed by atoms with Gasteiger partial charge in [-0.3, -0.25) is 4.79 Å². The van der Waals surface area contributed by atoms with Gasteiger partial charge in [0.25, 0.3) is 11.7 Å². The first-order valence-corrected chi connectivity index (χ1v) is 5.81. The van der Waals surface area contributed by atoms with Gasteiger partial charge in [0.1, 0.15) is 9.39 Å². The van der Waals surface area contributed by atoms with Crippen LogP contribution < -0.4 is 0 Å². The van der Waals surface area contributed by atoms with E-state index in [0.29, 0.717) is 0 Å². The first-order chi connectivity index (χ1) is 6.43. The summed E-state index contributed by atoms with van der Waals surface area (Å²) in [4.78, 5) is 14.4.